The topological polar surface area (TPSA) is 55.7 Å². The van der Waals surface area contributed by atoms with Crippen LogP contribution < -0.4 is 0 Å². The van der Waals surface area contributed by atoms with Crippen LogP contribution in [-0.2, 0) is 6.42 Å². The molecule has 114 valence electrons. The Morgan fingerprint density at radius 3 is 2.74 bits per heavy atom. The van der Waals surface area contributed by atoms with Crippen LogP contribution in [0.1, 0.15) is 27.5 Å². The number of carbonyl (C=O) groups excluding carboxylic acids is 1. The summed E-state index contributed by atoms with van der Waals surface area (Å²) >= 11 is 2.62. The molecule has 3 aromatic rings. The first-order chi connectivity index (χ1) is 11.2. The monoisotopic (exact) mass is 343 g/mol. The Morgan fingerprint density at radius 1 is 1.17 bits per heavy atom. The van der Waals surface area contributed by atoms with Crippen LogP contribution >= 0.6 is 22.9 Å². The minimum absolute atomic E-state index is 0.00473. The highest BCUT2D eigenvalue weighted by atomic mass is 32.1. The molecule has 0 N–H and O–H groups in total. The van der Waals surface area contributed by atoms with Gasteiger partial charge in [-0.25, -0.2) is 9.37 Å². The van der Waals surface area contributed by atoms with Crippen molar-refractivity contribution in [3.05, 3.63) is 57.3 Å². The number of aromatic nitrogens is 3. The Labute approximate surface area is 139 Å². The Bertz CT molecular complexity index is 898. The lowest BCUT2D eigenvalue weighted by Gasteiger charge is -2.11. The average molecular weight is 343 g/mol. The number of hydrogen-bond donors (Lipinski definition) is 0. The van der Waals surface area contributed by atoms with E-state index >= 15 is 0 Å². The van der Waals surface area contributed by atoms with Crippen molar-refractivity contribution in [1.82, 2.24) is 14.6 Å². The van der Waals surface area contributed by atoms with Crippen LogP contribution in [0.3, 0.4) is 0 Å². The van der Waals surface area contributed by atoms with Crippen LogP contribution in [0.4, 0.5) is 4.39 Å². The largest absolute Gasteiger partial charge is 0.288 e. The second kappa shape index (κ2) is 5.75. The van der Waals surface area contributed by atoms with Crippen molar-refractivity contribution >= 4 is 34.7 Å². The predicted octanol–water partition coefficient (Wildman–Crippen LogP) is 4.01. The third kappa shape index (κ3) is 2.73. The fourth-order valence-electron chi connectivity index (χ4n) is 2.48. The maximum Gasteiger partial charge on any atom is 0.200 e. The molecule has 23 heavy (non-hydrogen) atoms. The van der Waals surface area contributed by atoms with Gasteiger partial charge in [-0.05, 0) is 54.7 Å². The highest BCUT2D eigenvalue weighted by Crippen LogP contribution is 2.35. The number of nitrogens with zero attached hydrogens (tertiary/aromatic N) is 3. The molecule has 0 unspecified atom stereocenters. The predicted molar refractivity (Wildman–Crippen MR) is 88.0 cm³/mol. The van der Waals surface area contributed by atoms with Gasteiger partial charge in [0, 0.05) is 16.5 Å². The second-order valence-corrected chi connectivity index (χ2v) is 6.74. The molecule has 2 heterocycles. The van der Waals surface area contributed by atoms with E-state index in [0.717, 1.165) is 28.3 Å². The van der Waals surface area contributed by atoms with Crippen LogP contribution in [0, 0.1) is 5.82 Å². The van der Waals surface area contributed by atoms with E-state index in [4.69, 9.17) is 0 Å². The molecule has 4 rings (SSSR count). The molecule has 1 aliphatic carbocycles. The summed E-state index contributed by atoms with van der Waals surface area (Å²) in [5, 5.41) is 6.52. The van der Waals surface area contributed by atoms with Crippen molar-refractivity contribution < 1.29 is 9.18 Å². The number of allylic oxidation sites excluding steroid dienone is 1. The van der Waals surface area contributed by atoms with Gasteiger partial charge in [0.15, 0.2) is 0 Å². The number of rotatable bonds is 2. The lowest BCUT2D eigenvalue weighted by Crippen LogP contribution is -2.12. The molecule has 0 atom stereocenters. The van der Waals surface area contributed by atoms with Gasteiger partial charge in [-0.15, -0.1) is 16.4 Å². The molecule has 1 aromatic carbocycles. The molecule has 4 nitrogen and oxygen atoms in total. The molecule has 2 aromatic heterocycles. The normalized spacial score (nSPS) is 15.9. The summed E-state index contributed by atoms with van der Waals surface area (Å²) in [5.41, 5.74) is 3.10. The highest BCUT2D eigenvalue weighted by Gasteiger charge is 2.26. The van der Waals surface area contributed by atoms with Gasteiger partial charge in [0.25, 0.3) is 0 Å². The van der Waals surface area contributed by atoms with Crippen molar-refractivity contribution in [1.29, 1.82) is 0 Å². The van der Waals surface area contributed by atoms with Crippen LogP contribution in [0.15, 0.2) is 35.2 Å². The Balaban J connectivity index is 1.69. The fourth-order valence-corrected chi connectivity index (χ4v) is 3.98. The van der Waals surface area contributed by atoms with E-state index in [9.17, 15) is 9.18 Å². The van der Waals surface area contributed by atoms with Crippen LogP contribution in [0.2, 0.25) is 0 Å². The third-order valence-corrected chi connectivity index (χ3v) is 5.28. The van der Waals surface area contributed by atoms with Gasteiger partial charge >= 0.3 is 0 Å². The molecule has 0 aliphatic heterocycles. The minimum Gasteiger partial charge on any atom is -0.288 e. The van der Waals surface area contributed by atoms with Crippen LogP contribution in [-0.4, -0.2) is 20.4 Å². The van der Waals surface area contributed by atoms with E-state index in [-0.39, 0.29) is 11.6 Å². The molecule has 0 saturated heterocycles. The van der Waals surface area contributed by atoms with E-state index in [1.54, 1.807) is 18.2 Å². The molecular formula is C16H10FN3OS2. The molecular weight excluding hydrogens is 333 g/mol. The van der Waals surface area contributed by atoms with E-state index in [1.807, 2.05) is 5.38 Å². The van der Waals surface area contributed by atoms with Crippen molar-refractivity contribution in [2.45, 2.75) is 12.8 Å². The van der Waals surface area contributed by atoms with Crippen molar-refractivity contribution in [3.63, 3.8) is 0 Å². The lowest BCUT2D eigenvalue weighted by atomic mass is 9.95. The summed E-state index contributed by atoms with van der Waals surface area (Å²) in [6, 6.07) is 6.17. The van der Waals surface area contributed by atoms with Crippen molar-refractivity contribution in [2.75, 3.05) is 0 Å². The second-order valence-electron chi connectivity index (χ2n) is 5.13. The van der Waals surface area contributed by atoms with E-state index < -0.39 is 0 Å². The van der Waals surface area contributed by atoms with Gasteiger partial charge in [-0.3, -0.25) is 4.79 Å². The summed E-state index contributed by atoms with van der Waals surface area (Å²) in [5.74, 6) is -0.279. The molecule has 7 heteroatoms. The number of hydrogen-bond acceptors (Lipinski definition) is 6. The number of ketones is 1. The molecule has 0 bridgehead atoms. The quantitative estimate of drug-likeness (QED) is 0.660. The van der Waals surface area contributed by atoms with Gasteiger partial charge < -0.3 is 0 Å². The summed E-state index contributed by atoms with van der Waals surface area (Å²) in [4.78, 5) is 17.9. The number of thiazole rings is 1. The molecule has 0 saturated carbocycles. The summed E-state index contributed by atoms with van der Waals surface area (Å²) < 4.78 is 16.8. The third-order valence-electron chi connectivity index (χ3n) is 3.62. The van der Waals surface area contributed by atoms with Gasteiger partial charge in [0.1, 0.15) is 10.8 Å². The average Bonchev–Trinajstić information content (AvgIpc) is 3.20. The van der Waals surface area contributed by atoms with Gasteiger partial charge in [0.2, 0.25) is 5.78 Å². The maximum absolute atomic E-state index is 13.0. The molecule has 0 radical (unpaired) electrons. The molecule has 0 amide bonds. The first-order valence-corrected chi connectivity index (χ1v) is 8.64. The summed E-state index contributed by atoms with van der Waals surface area (Å²) in [6.07, 6.45) is 3.17. The zero-order valence-corrected chi connectivity index (χ0v) is 13.5. The van der Waals surface area contributed by atoms with Crippen molar-refractivity contribution in [2.24, 2.45) is 0 Å². The number of halogens is 1. The zero-order valence-electron chi connectivity index (χ0n) is 11.8. The Morgan fingerprint density at radius 2 is 2.00 bits per heavy atom. The zero-order chi connectivity index (χ0) is 15.8. The van der Waals surface area contributed by atoms with Crippen LogP contribution in [0.25, 0.3) is 16.6 Å². The number of Topliss-reactive ketones (excluding diaryl/α,β-unsaturated/α-hetero) is 1. The molecule has 0 fully saturated rings. The Kier molecular flexibility index (Phi) is 3.59. The SMILES string of the molecule is O=C1C(=Cc2csnn2)CCc2nc(-c3ccc(F)cc3)sc21. The van der Waals surface area contributed by atoms with E-state index in [2.05, 4.69) is 14.6 Å². The number of aryl methyl sites for hydroxylation is 1. The van der Waals surface area contributed by atoms with Gasteiger partial charge in [-0.2, -0.15) is 0 Å². The van der Waals surface area contributed by atoms with Gasteiger partial charge in [0.05, 0.1) is 16.3 Å². The van der Waals surface area contributed by atoms with E-state index in [1.165, 1.54) is 35.0 Å². The fraction of sp³-hybridized carbons (Fsp3) is 0.125. The first-order valence-electron chi connectivity index (χ1n) is 6.98. The number of benzene rings is 1. The summed E-state index contributed by atoms with van der Waals surface area (Å²) in [6.45, 7) is 0. The van der Waals surface area contributed by atoms with Gasteiger partial charge in [-0.1, -0.05) is 4.49 Å². The van der Waals surface area contributed by atoms with Crippen molar-refractivity contribution in [3.8, 4) is 10.6 Å². The smallest absolute Gasteiger partial charge is 0.200 e. The molecule has 1 aliphatic rings. The van der Waals surface area contributed by atoms with Crippen LogP contribution in [0.5, 0.6) is 0 Å². The highest BCUT2D eigenvalue weighted by molar-refractivity contribution is 7.17. The van der Waals surface area contributed by atoms with E-state index in [0.29, 0.717) is 17.0 Å². The minimum atomic E-state index is -0.284. The lowest BCUT2D eigenvalue weighted by molar-refractivity contribution is 0.103. The first kappa shape index (κ1) is 14.3. The summed E-state index contributed by atoms with van der Waals surface area (Å²) in [7, 11) is 0. The molecule has 0 spiro atoms. The maximum atomic E-state index is 13.0. The number of fused-ring (bicyclic) bond motifs is 1. The standard InChI is InChI=1S/C16H10FN3OS2/c17-11-4-1-9(2-5-11)16-18-13-6-3-10(14(21)15(13)23-16)7-12-8-22-20-19-12/h1-2,4-5,7-8H,3,6H2. The Hall–Kier alpha value is -2.25. The number of carbonyl (C=O) groups is 1.